The Morgan fingerprint density at radius 1 is 0.612 bits per heavy atom. The van der Waals surface area contributed by atoms with E-state index in [1.165, 1.54) is 45.4 Å². The quantitative estimate of drug-likeness (QED) is 0.0573. The number of aliphatic hydroxyl groups excluding tert-OH is 3. The van der Waals surface area contributed by atoms with E-state index in [1.807, 2.05) is 0 Å². The van der Waals surface area contributed by atoms with Crippen LogP contribution in [-0.2, 0) is 47.6 Å². The molecule has 1 fully saturated rings. The maximum Gasteiger partial charge on any atom is 0.306 e. The first-order valence-corrected chi connectivity index (χ1v) is 18.5. The molecule has 0 unspecified atom stereocenters. The number of carbonyl (C=O) groups excluding carboxylic acids is 4. The minimum atomic E-state index is -1.54. The Kier molecular flexibility index (Phi) is 25.0. The zero-order chi connectivity index (χ0) is 36.4. The summed E-state index contributed by atoms with van der Waals surface area (Å²) in [6.07, 6.45) is 6.48. The fourth-order valence-corrected chi connectivity index (χ4v) is 5.59. The first-order valence-electron chi connectivity index (χ1n) is 18.5. The SMILES string of the molecule is CCCCCCCCCCC(=O)O[C@@H]1[C@H](OC(=O)CCCCCCCCCC)[C@H](OC[C@@H](O)[C@H](O)CO)O[C@H](COC(C)=O)[C@H]1OC(C)=O. The molecule has 1 saturated heterocycles. The first-order chi connectivity index (χ1) is 23.5. The highest BCUT2D eigenvalue weighted by atomic mass is 16.7. The lowest BCUT2D eigenvalue weighted by molar-refractivity contribution is -0.312. The van der Waals surface area contributed by atoms with E-state index in [1.54, 1.807) is 0 Å². The Balaban J connectivity index is 3.15. The van der Waals surface area contributed by atoms with Gasteiger partial charge in [-0.15, -0.1) is 0 Å². The van der Waals surface area contributed by atoms with Crippen LogP contribution < -0.4 is 0 Å². The number of hydrogen-bond donors (Lipinski definition) is 3. The molecule has 0 bridgehead atoms. The van der Waals surface area contributed by atoms with Gasteiger partial charge in [-0.25, -0.2) is 0 Å². The fraction of sp³-hybridized carbons (Fsp3) is 0.889. The summed E-state index contributed by atoms with van der Waals surface area (Å²) in [5, 5.41) is 29.4. The predicted octanol–water partition coefficient (Wildman–Crippen LogP) is 4.82. The largest absolute Gasteiger partial charge is 0.463 e. The van der Waals surface area contributed by atoms with Gasteiger partial charge < -0.3 is 43.7 Å². The molecular weight excluding hydrogens is 640 g/mol. The minimum Gasteiger partial charge on any atom is -0.463 e. The van der Waals surface area contributed by atoms with E-state index < -0.39 is 86.6 Å². The van der Waals surface area contributed by atoms with Crippen molar-refractivity contribution < 1.29 is 62.9 Å². The van der Waals surface area contributed by atoms with Crippen molar-refractivity contribution >= 4 is 23.9 Å². The van der Waals surface area contributed by atoms with E-state index in [2.05, 4.69) is 13.8 Å². The van der Waals surface area contributed by atoms with Crippen LogP contribution in [0.25, 0.3) is 0 Å². The third-order valence-corrected chi connectivity index (χ3v) is 8.41. The first kappa shape index (κ1) is 44.7. The van der Waals surface area contributed by atoms with Gasteiger partial charge in [0, 0.05) is 26.7 Å². The lowest BCUT2D eigenvalue weighted by Gasteiger charge is -2.44. The summed E-state index contributed by atoms with van der Waals surface area (Å²) in [7, 11) is 0. The molecule has 0 aromatic heterocycles. The van der Waals surface area contributed by atoms with Crippen LogP contribution in [0.3, 0.4) is 0 Å². The number of hydrogen-bond acceptors (Lipinski definition) is 13. The normalized spacial score (nSPS) is 21.8. The third-order valence-electron chi connectivity index (χ3n) is 8.41. The maximum absolute atomic E-state index is 13.2. The maximum atomic E-state index is 13.2. The van der Waals surface area contributed by atoms with Gasteiger partial charge in [-0.05, 0) is 12.8 Å². The number of unbranched alkanes of at least 4 members (excludes halogenated alkanes) is 14. The molecule has 13 nitrogen and oxygen atoms in total. The van der Waals surface area contributed by atoms with Crippen LogP contribution in [0.2, 0.25) is 0 Å². The standard InChI is InChI=1S/C36H64O13/c1-5-7-9-11-13-15-17-19-21-31(42)48-34-33(46-27(4)39)30(25-44-26(3)38)47-36(45-24-29(41)28(40)23-37)35(34)49-32(43)22-20-18-16-14-12-10-8-6-2/h28-30,33-37,40-41H,5-25H2,1-4H3/t28-,29-,30-,33-,34+,35+,36-/m1/s1. The molecule has 49 heavy (non-hydrogen) atoms. The summed E-state index contributed by atoms with van der Waals surface area (Å²) in [4.78, 5) is 50.3. The van der Waals surface area contributed by atoms with Crippen LogP contribution in [-0.4, -0.2) is 102 Å². The lowest BCUT2D eigenvalue weighted by Crippen LogP contribution is -2.63. The molecule has 1 aliphatic rings. The second kappa shape index (κ2) is 27.4. The van der Waals surface area contributed by atoms with Gasteiger partial charge in [-0.2, -0.15) is 0 Å². The molecule has 1 heterocycles. The molecule has 0 amide bonds. The molecule has 0 saturated carbocycles. The van der Waals surface area contributed by atoms with Gasteiger partial charge in [-0.3, -0.25) is 19.2 Å². The summed E-state index contributed by atoms with van der Waals surface area (Å²) in [6, 6.07) is 0. The highest BCUT2D eigenvalue weighted by molar-refractivity contribution is 5.71. The Morgan fingerprint density at radius 2 is 1.08 bits per heavy atom. The Bertz CT molecular complexity index is 913. The van der Waals surface area contributed by atoms with Crippen molar-refractivity contribution in [3.8, 4) is 0 Å². The molecule has 1 rings (SSSR count). The fourth-order valence-electron chi connectivity index (χ4n) is 5.59. The molecule has 13 heteroatoms. The number of aliphatic hydroxyl groups is 3. The summed E-state index contributed by atoms with van der Waals surface area (Å²) in [6.45, 7) is 4.95. The Hall–Kier alpha value is -2.32. The van der Waals surface area contributed by atoms with Crippen LogP contribution in [0.1, 0.15) is 143 Å². The average Bonchev–Trinajstić information content (AvgIpc) is 3.06. The molecule has 7 atom stereocenters. The van der Waals surface area contributed by atoms with Crippen molar-refractivity contribution in [2.45, 2.75) is 186 Å². The highest BCUT2D eigenvalue weighted by Crippen LogP contribution is 2.31. The Morgan fingerprint density at radius 3 is 1.53 bits per heavy atom. The lowest BCUT2D eigenvalue weighted by atomic mass is 9.97. The molecule has 0 aliphatic carbocycles. The summed E-state index contributed by atoms with van der Waals surface area (Å²) in [5.41, 5.74) is 0. The Labute approximate surface area is 292 Å². The number of carbonyl (C=O) groups is 4. The minimum absolute atomic E-state index is 0.0675. The highest BCUT2D eigenvalue weighted by Gasteiger charge is 2.53. The second-order valence-corrected chi connectivity index (χ2v) is 12.9. The van der Waals surface area contributed by atoms with Crippen LogP contribution in [0.15, 0.2) is 0 Å². The van der Waals surface area contributed by atoms with Crippen LogP contribution in [0.4, 0.5) is 0 Å². The molecular formula is C36H64O13. The summed E-state index contributed by atoms with van der Waals surface area (Å²) in [5.74, 6) is -2.62. The van der Waals surface area contributed by atoms with E-state index in [0.29, 0.717) is 12.8 Å². The van der Waals surface area contributed by atoms with E-state index in [9.17, 15) is 34.5 Å². The van der Waals surface area contributed by atoms with Crippen molar-refractivity contribution in [2.75, 3.05) is 19.8 Å². The molecule has 1 aliphatic heterocycles. The van der Waals surface area contributed by atoms with Crippen molar-refractivity contribution in [1.29, 1.82) is 0 Å². The van der Waals surface area contributed by atoms with Crippen molar-refractivity contribution in [1.82, 2.24) is 0 Å². The van der Waals surface area contributed by atoms with Crippen LogP contribution in [0.5, 0.6) is 0 Å². The van der Waals surface area contributed by atoms with Gasteiger partial charge in [0.05, 0.1) is 13.2 Å². The van der Waals surface area contributed by atoms with Crippen LogP contribution >= 0.6 is 0 Å². The van der Waals surface area contributed by atoms with Gasteiger partial charge in [0.1, 0.15) is 24.9 Å². The topological polar surface area (TPSA) is 184 Å². The second-order valence-electron chi connectivity index (χ2n) is 12.9. The molecule has 0 aromatic carbocycles. The average molecular weight is 705 g/mol. The molecule has 0 aromatic rings. The van der Waals surface area contributed by atoms with Crippen molar-refractivity contribution in [3.63, 3.8) is 0 Å². The van der Waals surface area contributed by atoms with Gasteiger partial charge in [-0.1, -0.05) is 104 Å². The van der Waals surface area contributed by atoms with Crippen molar-refractivity contribution in [3.05, 3.63) is 0 Å². The molecule has 3 N–H and O–H groups in total. The number of ether oxygens (including phenoxy) is 6. The molecule has 286 valence electrons. The number of esters is 4. The zero-order valence-electron chi connectivity index (χ0n) is 30.3. The monoisotopic (exact) mass is 704 g/mol. The number of rotatable bonds is 28. The van der Waals surface area contributed by atoms with Crippen LogP contribution in [0, 0.1) is 0 Å². The smallest absolute Gasteiger partial charge is 0.306 e. The zero-order valence-corrected chi connectivity index (χ0v) is 30.3. The van der Waals surface area contributed by atoms with E-state index in [4.69, 9.17) is 28.4 Å². The summed E-state index contributed by atoms with van der Waals surface area (Å²) >= 11 is 0. The van der Waals surface area contributed by atoms with E-state index in [0.717, 1.165) is 58.3 Å². The van der Waals surface area contributed by atoms with Gasteiger partial charge >= 0.3 is 23.9 Å². The van der Waals surface area contributed by atoms with E-state index in [-0.39, 0.29) is 12.8 Å². The summed E-state index contributed by atoms with van der Waals surface area (Å²) < 4.78 is 34.1. The van der Waals surface area contributed by atoms with Crippen molar-refractivity contribution in [2.24, 2.45) is 0 Å². The molecule has 0 radical (unpaired) electrons. The van der Waals surface area contributed by atoms with Gasteiger partial charge in [0.2, 0.25) is 0 Å². The van der Waals surface area contributed by atoms with Gasteiger partial charge in [0.15, 0.2) is 24.6 Å². The van der Waals surface area contributed by atoms with Gasteiger partial charge in [0.25, 0.3) is 0 Å². The predicted molar refractivity (Wildman–Crippen MR) is 180 cm³/mol. The third kappa shape index (κ3) is 20.2. The van der Waals surface area contributed by atoms with E-state index >= 15 is 0 Å². The molecule has 0 spiro atoms.